The molecule has 0 bridgehead atoms. The van der Waals surface area contributed by atoms with E-state index in [1.807, 2.05) is 6.07 Å². The molecule has 4 nitrogen and oxygen atoms in total. The summed E-state index contributed by atoms with van der Waals surface area (Å²) in [5, 5.41) is 3.49. The minimum absolute atomic E-state index is 0.147. The lowest BCUT2D eigenvalue weighted by molar-refractivity contribution is 0.351. The van der Waals surface area contributed by atoms with Gasteiger partial charge in [-0.1, -0.05) is 0 Å². The summed E-state index contributed by atoms with van der Waals surface area (Å²) < 4.78 is 0. The van der Waals surface area contributed by atoms with Crippen molar-refractivity contribution in [2.24, 2.45) is 0 Å². The maximum Gasteiger partial charge on any atom is 0.131 e. The largest absolute Gasteiger partial charge is 0.397 e. The molecular formula is C12H20N4. The number of rotatable bonds is 1. The molecule has 4 heteroatoms. The van der Waals surface area contributed by atoms with Crippen LogP contribution >= 0.6 is 0 Å². The predicted molar refractivity (Wildman–Crippen MR) is 67.7 cm³/mol. The smallest absolute Gasteiger partial charge is 0.131 e. The van der Waals surface area contributed by atoms with Gasteiger partial charge in [0.25, 0.3) is 0 Å². The van der Waals surface area contributed by atoms with Gasteiger partial charge in [0, 0.05) is 25.2 Å². The van der Waals surface area contributed by atoms with E-state index < -0.39 is 0 Å². The second-order valence-corrected chi connectivity index (χ2v) is 5.14. The van der Waals surface area contributed by atoms with Crippen molar-refractivity contribution < 1.29 is 0 Å². The van der Waals surface area contributed by atoms with Crippen molar-refractivity contribution in [3.05, 3.63) is 17.8 Å². The summed E-state index contributed by atoms with van der Waals surface area (Å²) >= 11 is 0. The molecule has 1 aliphatic rings. The highest BCUT2D eigenvalue weighted by molar-refractivity contribution is 5.53. The molecule has 0 amide bonds. The molecule has 0 spiro atoms. The van der Waals surface area contributed by atoms with Gasteiger partial charge in [0.1, 0.15) is 5.82 Å². The van der Waals surface area contributed by atoms with E-state index in [0.717, 1.165) is 36.7 Å². The van der Waals surface area contributed by atoms with Crippen LogP contribution in [0.15, 0.2) is 12.3 Å². The molecule has 0 aromatic carbocycles. The average Bonchev–Trinajstić information content (AvgIpc) is 2.15. The quantitative estimate of drug-likeness (QED) is 0.745. The zero-order valence-corrected chi connectivity index (χ0v) is 10.2. The molecule has 1 aliphatic heterocycles. The number of hydrogen-bond acceptors (Lipinski definition) is 4. The maximum atomic E-state index is 5.72. The number of nitrogens with one attached hydrogen (secondary N) is 1. The van der Waals surface area contributed by atoms with Crippen molar-refractivity contribution in [3.8, 4) is 0 Å². The number of anilines is 2. The third-order valence-electron chi connectivity index (χ3n) is 2.94. The molecule has 0 unspecified atom stereocenters. The standard InChI is InChI=1S/C12H20N4/c1-9-6-10(13)7-14-11(9)16-5-4-15-12(2,3)8-16/h6-7,15H,4-5,8,13H2,1-3H3. The van der Waals surface area contributed by atoms with Crippen LogP contribution < -0.4 is 16.0 Å². The minimum atomic E-state index is 0.147. The molecule has 0 atom stereocenters. The third kappa shape index (κ3) is 2.27. The van der Waals surface area contributed by atoms with E-state index in [4.69, 9.17) is 5.73 Å². The molecule has 0 aliphatic carbocycles. The molecular weight excluding hydrogens is 200 g/mol. The number of aromatic nitrogens is 1. The molecule has 0 saturated carbocycles. The highest BCUT2D eigenvalue weighted by Crippen LogP contribution is 2.22. The maximum absolute atomic E-state index is 5.72. The van der Waals surface area contributed by atoms with Crippen molar-refractivity contribution >= 4 is 11.5 Å². The van der Waals surface area contributed by atoms with Gasteiger partial charge >= 0.3 is 0 Å². The molecule has 88 valence electrons. The Balaban J connectivity index is 2.23. The lowest BCUT2D eigenvalue weighted by Crippen LogP contribution is -2.57. The Kier molecular flexibility index (Phi) is 2.76. The Bertz CT molecular complexity index is 387. The fourth-order valence-electron chi connectivity index (χ4n) is 2.24. The van der Waals surface area contributed by atoms with Crippen LogP contribution in [0, 0.1) is 6.92 Å². The Morgan fingerprint density at radius 3 is 2.88 bits per heavy atom. The molecule has 1 saturated heterocycles. The van der Waals surface area contributed by atoms with Crippen LogP contribution in [-0.2, 0) is 0 Å². The van der Waals surface area contributed by atoms with Crippen LogP contribution in [0.4, 0.5) is 11.5 Å². The first-order chi connectivity index (χ1) is 7.48. The fraction of sp³-hybridized carbons (Fsp3) is 0.583. The zero-order valence-electron chi connectivity index (χ0n) is 10.2. The van der Waals surface area contributed by atoms with Gasteiger partial charge in [0.2, 0.25) is 0 Å². The number of piperazine rings is 1. The van der Waals surface area contributed by atoms with Gasteiger partial charge in [-0.15, -0.1) is 0 Å². The number of aryl methyl sites for hydroxylation is 1. The minimum Gasteiger partial charge on any atom is -0.397 e. The van der Waals surface area contributed by atoms with Crippen molar-refractivity contribution in [2.75, 3.05) is 30.3 Å². The summed E-state index contributed by atoms with van der Waals surface area (Å²) in [4.78, 5) is 6.76. The molecule has 0 radical (unpaired) electrons. The van der Waals surface area contributed by atoms with E-state index >= 15 is 0 Å². The van der Waals surface area contributed by atoms with E-state index in [2.05, 4.69) is 36.0 Å². The molecule has 2 rings (SSSR count). The van der Waals surface area contributed by atoms with Gasteiger partial charge < -0.3 is 16.0 Å². The highest BCUT2D eigenvalue weighted by atomic mass is 15.3. The third-order valence-corrected chi connectivity index (χ3v) is 2.94. The van der Waals surface area contributed by atoms with Gasteiger partial charge in [0.05, 0.1) is 11.9 Å². The molecule has 16 heavy (non-hydrogen) atoms. The summed E-state index contributed by atoms with van der Waals surface area (Å²) in [6.45, 7) is 9.47. The first-order valence-corrected chi connectivity index (χ1v) is 5.70. The van der Waals surface area contributed by atoms with Crippen LogP contribution in [0.5, 0.6) is 0 Å². The van der Waals surface area contributed by atoms with Crippen molar-refractivity contribution in [3.63, 3.8) is 0 Å². The molecule has 1 aromatic heterocycles. The van der Waals surface area contributed by atoms with E-state index in [1.54, 1.807) is 6.20 Å². The molecule has 3 N–H and O–H groups in total. The Morgan fingerprint density at radius 1 is 1.50 bits per heavy atom. The van der Waals surface area contributed by atoms with E-state index in [-0.39, 0.29) is 5.54 Å². The number of nitrogens with two attached hydrogens (primary N) is 1. The van der Waals surface area contributed by atoms with E-state index in [0.29, 0.717) is 0 Å². The first kappa shape index (κ1) is 11.2. The molecule has 1 aromatic rings. The lowest BCUT2D eigenvalue weighted by Gasteiger charge is -2.40. The number of pyridine rings is 1. The SMILES string of the molecule is Cc1cc(N)cnc1N1CCNC(C)(C)C1. The van der Waals surface area contributed by atoms with Crippen LogP contribution in [-0.4, -0.2) is 30.2 Å². The first-order valence-electron chi connectivity index (χ1n) is 5.70. The normalized spacial score (nSPS) is 19.8. The van der Waals surface area contributed by atoms with Crippen molar-refractivity contribution in [2.45, 2.75) is 26.3 Å². The second kappa shape index (κ2) is 3.94. The summed E-state index contributed by atoms with van der Waals surface area (Å²) in [6.07, 6.45) is 1.73. The van der Waals surface area contributed by atoms with Crippen molar-refractivity contribution in [1.29, 1.82) is 0 Å². The molecule has 1 fully saturated rings. The second-order valence-electron chi connectivity index (χ2n) is 5.14. The van der Waals surface area contributed by atoms with Gasteiger partial charge in [-0.25, -0.2) is 4.98 Å². The van der Waals surface area contributed by atoms with Gasteiger partial charge in [0.15, 0.2) is 0 Å². The topological polar surface area (TPSA) is 54.2 Å². The van der Waals surface area contributed by atoms with Gasteiger partial charge in [-0.3, -0.25) is 0 Å². The van der Waals surface area contributed by atoms with E-state index in [1.165, 1.54) is 0 Å². The van der Waals surface area contributed by atoms with Crippen LogP contribution in [0.25, 0.3) is 0 Å². The Hall–Kier alpha value is -1.29. The number of hydrogen-bond donors (Lipinski definition) is 2. The van der Waals surface area contributed by atoms with E-state index in [9.17, 15) is 0 Å². The zero-order chi connectivity index (χ0) is 11.8. The van der Waals surface area contributed by atoms with Crippen LogP contribution in [0.3, 0.4) is 0 Å². The van der Waals surface area contributed by atoms with Gasteiger partial charge in [-0.2, -0.15) is 0 Å². The Labute approximate surface area is 96.8 Å². The highest BCUT2D eigenvalue weighted by Gasteiger charge is 2.26. The number of nitrogen functional groups attached to an aromatic ring is 1. The summed E-state index contributed by atoms with van der Waals surface area (Å²) in [7, 11) is 0. The average molecular weight is 220 g/mol. The van der Waals surface area contributed by atoms with Crippen LogP contribution in [0.1, 0.15) is 19.4 Å². The summed E-state index contributed by atoms with van der Waals surface area (Å²) in [5.74, 6) is 1.06. The Morgan fingerprint density at radius 2 is 2.25 bits per heavy atom. The number of nitrogens with zero attached hydrogens (tertiary/aromatic N) is 2. The van der Waals surface area contributed by atoms with Gasteiger partial charge in [-0.05, 0) is 32.4 Å². The fourth-order valence-corrected chi connectivity index (χ4v) is 2.24. The summed E-state index contributed by atoms with van der Waals surface area (Å²) in [5.41, 5.74) is 7.75. The van der Waals surface area contributed by atoms with Crippen molar-refractivity contribution in [1.82, 2.24) is 10.3 Å². The predicted octanol–water partition coefficient (Wildman–Crippen LogP) is 1.16. The molecule has 2 heterocycles. The monoisotopic (exact) mass is 220 g/mol. The lowest BCUT2D eigenvalue weighted by atomic mass is 10.0. The summed E-state index contributed by atoms with van der Waals surface area (Å²) in [6, 6.07) is 1.98. The van der Waals surface area contributed by atoms with Crippen LogP contribution in [0.2, 0.25) is 0 Å².